The highest BCUT2D eigenvalue weighted by atomic mass is 19.4. The average Bonchev–Trinajstić information content (AvgIpc) is 2.90. The lowest BCUT2D eigenvalue weighted by Crippen LogP contribution is -2.59. The summed E-state index contributed by atoms with van der Waals surface area (Å²) >= 11 is 0. The van der Waals surface area contributed by atoms with E-state index in [4.69, 9.17) is 14.9 Å². The fourth-order valence-corrected chi connectivity index (χ4v) is 5.48. The molecule has 2 heterocycles. The van der Waals surface area contributed by atoms with E-state index in [1.165, 1.54) is 12.1 Å². The van der Waals surface area contributed by atoms with Crippen LogP contribution < -0.4 is 0 Å². The number of nitrogens with zero attached hydrogens (tertiary/aromatic N) is 3. The normalized spacial score (nSPS) is 34.1. The molecule has 0 amide bonds. The maximum atomic E-state index is 13.8. The number of halogens is 3. The molecule has 6 nitrogen and oxygen atoms in total. The van der Waals surface area contributed by atoms with Crippen LogP contribution in [0.25, 0.3) is 0 Å². The van der Waals surface area contributed by atoms with E-state index >= 15 is 0 Å². The molecule has 160 valence electrons. The fourth-order valence-electron chi connectivity index (χ4n) is 5.48. The molecule has 3 aliphatic rings. The van der Waals surface area contributed by atoms with Gasteiger partial charge >= 0.3 is 6.18 Å². The highest BCUT2D eigenvalue weighted by Crippen LogP contribution is 2.69. The Kier molecular flexibility index (Phi) is 4.76. The third-order valence-corrected chi connectivity index (χ3v) is 6.86. The van der Waals surface area contributed by atoms with Crippen molar-refractivity contribution in [2.45, 2.75) is 56.6 Å². The largest absolute Gasteiger partial charge is 0.447 e. The van der Waals surface area contributed by atoms with E-state index in [9.17, 15) is 29.0 Å². The van der Waals surface area contributed by atoms with Crippen molar-refractivity contribution in [3.8, 4) is 18.2 Å². The number of hydrogen-bond donors (Lipinski definition) is 1. The summed E-state index contributed by atoms with van der Waals surface area (Å²) < 4.78 is 53.4. The molecule has 31 heavy (non-hydrogen) atoms. The summed E-state index contributed by atoms with van der Waals surface area (Å²) in [5.74, 6) is -2.89. The molecular formula is C22H19F3N4O2. The van der Waals surface area contributed by atoms with Gasteiger partial charge in [-0.3, -0.25) is 5.41 Å². The van der Waals surface area contributed by atoms with Crippen molar-refractivity contribution in [1.29, 1.82) is 21.2 Å². The third kappa shape index (κ3) is 2.61. The van der Waals surface area contributed by atoms with Crippen molar-refractivity contribution in [2.75, 3.05) is 0 Å². The second-order valence-electron chi connectivity index (χ2n) is 8.28. The van der Waals surface area contributed by atoms with Gasteiger partial charge in [0.15, 0.2) is 5.41 Å². The molecular weight excluding hydrogens is 409 g/mol. The van der Waals surface area contributed by atoms with Gasteiger partial charge in [0.25, 0.3) is 0 Å². The zero-order valence-electron chi connectivity index (χ0n) is 16.5. The first-order valence-corrected chi connectivity index (χ1v) is 10.1. The van der Waals surface area contributed by atoms with Gasteiger partial charge in [-0.2, -0.15) is 29.0 Å². The van der Waals surface area contributed by atoms with Crippen LogP contribution in [0, 0.1) is 56.2 Å². The Morgan fingerprint density at radius 1 is 1.00 bits per heavy atom. The topological polar surface area (TPSA) is 114 Å². The molecule has 1 saturated carbocycles. The van der Waals surface area contributed by atoms with Gasteiger partial charge in [0.2, 0.25) is 17.1 Å². The Bertz CT molecular complexity index is 1040. The summed E-state index contributed by atoms with van der Waals surface area (Å²) in [5, 5.41) is 39.1. The monoisotopic (exact) mass is 428 g/mol. The van der Waals surface area contributed by atoms with Crippen LogP contribution in [-0.4, -0.2) is 11.7 Å². The van der Waals surface area contributed by atoms with E-state index < -0.39 is 51.8 Å². The van der Waals surface area contributed by atoms with Gasteiger partial charge in [0.1, 0.15) is 6.10 Å². The molecule has 3 fully saturated rings. The molecule has 9 heteroatoms. The van der Waals surface area contributed by atoms with Crippen LogP contribution in [0.1, 0.15) is 55.8 Å². The smallest absolute Gasteiger partial charge is 0.416 e. The van der Waals surface area contributed by atoms with Gasteiger partial charge in [-0.25, -0.2) is 0 Å². The van der Waals surface area contributed by atoms with Crippen LogP contribution in [0.15, 0.2) is 24.3 Å². The number of rotatable bonds is 1. The van der Waals surface area contributed by atoms with Crippen LogP contribution >= 0.6 is 0 Å². The van der Waals surface area contributed by atoms with E-state index in [0.717, 1.165) is 25.0 Å². The Morgan fingerprint density at radius 2 is 1.68 bits per heavy atom. The summed E-state index contributed by atoms with van der Waals surface area (Å²) in [4.78, 5) is 0. The molecule has 1 N–H and O–H groups in total. The second kappa shape index (κ2) is 6.97. The van der Waals surface area contributed by atoms with Crippen molar-refractivity contribution in [3.63, 3.8) is 0 Å². The molecule has 0 spiro atoms. The number of alkyl halides is 3. The van der Waals surface area contributed by atoms with E-state index in [1.54, 1.807) is 0 Å². The molecule has 2 aliphatic heterocycles. The summed E-state index contributed by atoms with van der Waals surface area (Å²) in [6.07, 6.45) is -2.82. The molecule has 2 saturated heterocycles. The molecule has 4 rings (SSSR count). The van der Waals surface area contributed by atoms with E-state index in [2.05, 4.69) is 0 Å². The standard InChI is InChI=1S/C22H19F3N4O2/c23-22(24,25)15-8-5-4-7-14(15)17-19(11-26,12-27)20(13-28)16-9-3-1-2-6-10-21(16,30-17)31-18(20)29/h4-5,7-8,16-17,29H,1-3,6,9-10H2. The first-order chi connectivity index (χ1) is 14.7. The number of hydrogen-bond acceptors (Lipinski definition) is 6. The first-order valence-electron chi connectivity index (χ1n) is 10.1. The van der Waals surface area contributed by atoms with Crippen LogP contribution in [0.4, 0.5) is 13.2 Å². The highest BCUT2D eigenvalue weighted by molar-refractivity contribution is 5.89. The summed E-state index contributed by atoms with van der Waals surface area (Å²) in [5.41, 5.74) is -5.87. The zero-order valence-corrected chi connectivity index (χ0v) is 16.5. The number of ether oxygens (including phenoxy) is 2. The van der Waals surface area contributed by atoms with Crippen molar-refractivity contribution >= 4 is 5.90 Å². The molecule has 4 unspecified atom stereocenters. The second-order valence-corrected chi connectivity index (χ2v) is 8.28. The summed E-state index contributed by atoms with van der Waals surface area (Å²) in [7, 11) is 0. The first kappa shape index (κ1) is 21.2. The molecule has 0 aromatic heterocycles. The molecule has 1 aromatic carbocycles. The van der Waals surface area contributed by atoms with Gasteiger partial charge in [-0.15, -0.1) is 0 Å². The minimum atomic E-state index is -4.76. The average molecular weight is 428 g/mol. The van der Waals surface area contributed by atoms with Crippen LogP contribution in [0.5, 0.6) is 0 Å². The lowest BCUT2D eigenvalue weighted by molar-refractivity contribution is -0.290. The van der Waals surface area contributed by atoms with Crippen LogP contribution in [-0.2, 0) is 15.7 Å². The van der Waals surface area contributed by atoms with Crippen molar-refractivity contribution in [3.05, 3.63) is 35.4 Å². The molecule has 0 radical (unpaired) electrons. The fraction of sp³-hybridized carbons (Fsp3) is 0.545. The zero-order chi connectivity index (χ0) is 22.5. The minimum Gasteiger partial charge on any atom is -0.447 e. The Morgan fingerprint density at radius 3 is 2.32 bits per heavy atom. The number of nitrogens with one attached hydrogen (secondary N) is 1. The van der Waals surface area contributed by atoms with Crippen molar-refractivity contribution in [1.82, 2.24) is 0 Å². The van der Waals surface area contributed by atoms with Gasteiger partial charge in [0.05, 0.1) is 29.7 Å². The van der Waals surface area contributed by atoms with Crippen LogP contribution in [0.3, 0.4) is 0 Å². The van der Waals surface area contributed by atoms with Crippen molar-refractivity contribution in [2.24, 2.45) is 16.7 Å². The van der Waals surface area contributed by atoms with Gasteiger partial charge in [0, 0.05) is 6.42 Å². The van der Waals surface area contributed by atoms with E-state index in [1.807, 2.05) is 18.2 Å². The van der Waals surface area contributed by atoms with Gasteiger partial charge in [-0.1, -0.05) is 37.5 Å². The predicted molar refractivity (Wildman–Crippen MR) is 99.7 cm³/mol. The number of nitriles is 3. The quantitative estimate of drug-likeness (QED) is 0.677. The predicted octanol–water partition coefficient (Wildman–Crippen LogP) is 4.99. The lowest BCUT2D eigenvalue weighted by Gasteiger charge is -2.50. The van der Waals surface area contributed by atoms with E-state index in [0.29, 0.717) is 19.3 Å². The number of benzene rings is 1. The lowest BCUT2D eigenvalue weighted by atomic mass is 9.52. The molecule has 4 atom stereocenters. The molecule has 1 aromatic rings. The maximum absolute atomic E-state index is 13.8. The summed E-state index contributed by atoms with van der Waals surface area (Å²) in [6, 6.07) is 10.2. The van der Waals surface area contributed by atoms with Crippen molar-refractivity contribution < 1.29 is 22.6 Å². The molecule has 1 aliphatic carbocycles. The SMILES string of the molecule is N#CC1(C#N)C(c2ccccc2C(F)(F)F)OC23CCCCCCC2C1(C#N)C(=N)O3. The van der Waals surface area contributed by atoms with Gasteiger partial charge in [-0.05, 0) is 24.5 Å². The Labute approximate surface area is 177 Å². The maximum Gasteiger partial charge on any atom is 0.416 e. The Balaban J connectivity index is 2.02. The third-order valence-electron chi connectivity index (χ3n) is 6.86. The van der Waals surface area contributed by atoms with Crippen LogP contribution in [0.2, 0.25) is 0 Å². The van der Waals surface area contributed by atoms with E-state index in [-0.39, 0.29) is 6.42 Å². The summed E-state index contributed by atoms with van der Waals surface area (Å²) in [6.45, 7) is 0. The Hall–Kier alpha value is -3.09. The van der Waals surface area contributed by atoms with Gasteiger partial charge < -0.3 is 9.47 Å². The minimum absolute atomic E-state index is 0.265. The molecule has 2 bridgehead atoms. The highest BCUT2D eigenvalue weighted by Gasteiger charge is 2.80.